The molecule has 0 aromatic carbocycles. The molecule has 23 heavy (non-hydrogen) atoms. The Kier molecular flexibility index (Phi) is 4.66. The van der Waals surface area contributed by atoms with Gasteiger partial charge in [0.05, 0.1) is 0 Å². The normalized spacial score (nSPS) is 20.0. The average Bonchev–Trinajstić information content (AvgIpc) is 2.55. The van der Waals surface area contributed by atoms with Crippen molar-refractivity contribution in [3.63, 3.8) is 0 Å². The van der Waals surface area contributed by atoms with Gasteiger partial charge in [0.1, 0.15) is 17.5 Å². The molecule has 0 saturated carbocycles. The number of aryl methyl sites for hydroxylation is 1. The first-order valence-electron chi connectivity index (χ1n) is 8.32. The maximum absolute atomic E-state index is 11.5. The summed E-state index contributed by atoms with van der Waals surface area (Å²) < 4.78 is 0. The van der Waals surface area contributed by atoms with Crippen LogP contribution in [0.4, 0.5) is 11.6 Å². The number of hydrogen-bond donors (Lipinski definition) is 0. The first kappa shape index (κ1) is 16.0. The van der Waals surface area contributed by atoms with Crippen molar-refractivity contribution < 1.29 is 4.79 Å². The van der Waals surface area contributed by atoms with E-state index in [1.165, 1.54) is 0 Å². The van der Waals surface area contributed by atoms with E-state index in [0.29, 0.717) is 0 Å². The van der Waals surface area contributed by atoms with Crippen LogP contribution in [0.2, 0.25) is 0 Å². The highest BCUT2D eigenvalue weighted by Crippen LogP contribution is 2.21. The molecule has 1 aromatic rings. The molecule has 0 atom stereocenters. The zero-order valence-electron chi connectivity index (χ0n) is 14.3. The number of carbonyl (C=O) groups is 1. The van der Waals surface area contributed by atoms with E-state index in [9.17, 15) is 4.79 Å². The summed E-state index contributed by atoms with van der Waals surface area (Å²) in [6, 6.07) is 2.10. The highest BCUT2D eigenvalue weighted by molar-refractivity contribution is 5.73. The Labute approximate surface area is 137 Å². The van der Waals surface area contributed by atoms with Crippen LogP contribution in [0.1, 0.15) is 12.7 Å². The largest absolute Gasteiger partial charge is 0.354 e. The molecule has 7 heteroatoms. The summed E-state index contributed by atoms with van der Waals surface area (Å²) in [4.78, 5) is 29.5. The standard InChI is InChI=1S/C16H26N6O/c1-13-17-15(21-6-4-19(3)5-7-21)12-16(18-13)22-10-8-20(9-11-22)14(2)23/h12H,4-11H2,1-3H3. The molecule has 1 aromatic heterocycles. The molecule has 2 aliphatic rings. The third kappa shape index (κ3) is 3.72. The Morgan fingerprint density at radius 3 is 1.87 bits per heavy atom. The van der Waals surface area contributed by atoms with E-state index in [1.54, 1.807) is 6.92 Å². The van der Waals surface area contributed by atoms with E-state index in [4.69, 9.17) is 0 Å². The molecule has 1 amide bonds. The fraction of sp³-hybridized carbons (Fsp3) is 0.688. The van der Waals surface area contributed by atoms with Crippen LogP contribution in [0, 0.1) is 6.92 Å². The number of amides is 1. The van der Waals surface area contributed by atoms with Crippen molar-refractivity contribution in [2.45, 2.75) is 13.8 Å². The number of rotatable bonds is 2. The summed E-state index contributed by atoms with van der Waals surface area (Å²) >= 11 is 0. The summed E-state index contributed by atoms with van der Waals surface area (Å²) in [6.07, 6.45) is 0. The van der Waals surface area contributed by atoms with Gasteiger partial charge in [-0.15, -0.1) is 0 Å². The smallest absolute Gasteiger partial charge is 0.219 e. The molecular formula is C16H26N6O. The van der Waals surface area contributed by atoms with E-state index in [2.05, 4.69) is 37.8 Å². The van der Waals surface area contributed by atoms with Gasteiger partial charge in [-0.1, -0.05) is 0 Å². The maximum atomic E-state index is 11.5. The van der Waals surface area contributed by atoms with Crippen LogP contribution >= 0.6 is 0 Å². The molecule has 0 aliphatic carbocycles. The zero-order valence-corrected chi connectivity index (χ0v) is 14.3. The van der Waals surface area contributed by atoms with Gasteiger partial charge >= 0.3 is 0 Å². The third-order valence-electron chi connectivity index (χ3n) is 4.69. The lowest BCUT2D eigenvalue weighted by Gasteiger charge is -2.36. The van der Waals surface area contributed by atoms with Crippen LogP contribution in [0.25, 0.3) is 0 Å². The van der Waals surface area contributed by atoms with Gasteiger partial charge < -0.3 is 19.6 Å². The quantitative estimate of drug-likeness (QED) is 0.777. The van der Waals surface area contributed by atoms with Crippen molar-refractivity contribution in [1.29, 1.82) is 0 Å². The lowest BCUT2D eigenvalue weighted by atomic mass is 10.3. The number of nitrogens with zero attached hydrogens (tertiary/aromatic N) is 6. The second kappa shape index (κ2) is 6.70. The van der Waals surface area contributed by atoms with Crippen LogP contribution in [0.3, 0.4) is 0 Å². The van der Waals surface area contributed by atoms with Crippen LogP contribution in [0.15, 0.2) is 6.07 Å². The molecule has 2 aliphatic heterocycles. The second-order valence-electron chi connectivity index (χ2n) is 6.41. The van der Waals surface area contributed by atoms with Crippen LogP contribution in [0.5, 0.6) is 0 Å². The highest BCUT2D eigenvalue weighted by atomic mass is 16.2. The number of anilines is 2. The molecule has 0 N–H and O–H groups in total. The molecule has 3 heterocycles. The first-order chi connectivity index (χ1) is 11.0. The third-order valence-corrected chi connectivity index (χ3v) is 4.69. The van der Waals surface area contributed by atoms with Crippen molar-refractivity contribution in [1.82, 2.24) is 19.8 Å². The fourth-order valence-electron chi connectivity index (χ4n) is 3.15. The lowest BCUT2D eigenvalue weighted by molar-refractivity contribution is -0.129. The molecule has 2 fully saturated rings. The summed E-state index contributed by atoms with van der Waals surface area (Å²) in [5, 5.41) is 0. The molecule has 126 valence electrons. The number of carbonyl (C=O) groups excluding carboxylic acids is 1. The summed E-state index contributed by atoms with van der Waals surface area (Å²) in [5.41, 5.74) is 0. The molecule has 7 nitrogen and oxygen atoms in total. The van der Waals surface area contributed by atoms with E-state index >= 15 is 0 Å². The van der Waals surface area contributed by atoms with Gasteiger partial charge in [0.15, 0.2) is 0 Å². The molecule has 3 rings (SSSR count). The molecule has 0 radical (unpaired) electrons. The van der Waals surface area contributed by atoms with Gasteiger partial charge in [-0.2, -0.15) is 0 Å². The van der Waals surface area contributed by atoms with Crippen LogP contribution in [-0.4, -0.2) is 85.1 Å². The Balaban J connectivity index is 1.72. The van der Waals surface area contributed by atoms with E-state index in [-0.39, 0.29) is 5.91 Å². The van der Waals surface area contributed by atoms with Gasteiger partial charge in [0, 0.05) is 65.3 Å². The highest BCUT2D eigenvalue weighted by Gasteiger charge is 2.22. The molecule has 0 bridgehead atoms. The summed E-state index contributed by atoms with van der Waals surface area (Å²) in [5.74, 6) is 2.97. The molecule has 0 unspecified atom stereocenters. The van der Waals surface area contributed by atoms with Crippen molar-refractivity contribution in [2.75, 3.05) is 69.2 Å². The van der Waals surface area contributed by atoms with Crippen molar-refractivity contribution in [3.05, 3.63) is 11.9 Å². The van der Waals surface area contributed by atoms with Crippen molar-refractivity contribution in [3.8, 4) is 0 Å². The van der Waals surface area contributed by atoms with E-state index in [0.717, 1.165) is 69.8 Å². The van der Waals surface area contributed by atoms with Crippen LogP contribution in [-0.2, 0) is 4.79 Å². The maximum Gasteiger partial charge on any atom is 0.219 e. The monoisotopic (exact) mass is 318 g/mol. The lowest BCUT2D eigenvalue weighted by Crippen LogP contribution is -2.48. The van der Waals surface area contributed by atoms with Gasteiger partial charge in [0.25, 0.3) is 0 Å². The Morgan fingerprint density at radius 2 is 1.39 bits per heavy atom. The first-order valence-corrected chi connectivity index (χ1v) is 8.32. The van der Waals surface area contributed by atoms with Crippen molar-refractivity contribution >= 4 is 17.5 Å². The number of hydrogen-bond acceptors (Lipinski definition) is 6. The Morgan fingerprint density at radius 1 is 0.913 bits per heavy atom. The summed E-state index contributed by atoms with van der Waals surface area (Å²) in [6.45, 7) is 10.9. The SMILES string of the molecule is CC(=O)N1CCN(c2cc(N3CCN(C)CC3)nc(C)n2)CC1. The minimum Gasteiger partial charge on any atom is -0.354 e. The van der Waals surface area contributed by atoms with Crippen LogP contribution < -0.4 is 9.80 Å². The number of likely N-dealkylation sites (N-methyl/N-ethyl adjacent to an activating group) is 1. The van der Waals surface area contributed by atoms with Gasteiger partial charge in [-0.25, -0.2) is 9.97 Å². The van der Waals surface area contributed by atoms with Crippen molar-refractivity contribution in [2.24, 2.45) is 0 Å². The van der Waals surface area contributed by atoms with Gasteiger partial charge in [-0.3, -0.25) is 4.79 Å². The molecule has 2 saturated heterocycles. The van der Waals surface area contributed by atoms with Gasteiger partial charge in [0.2, 0.25) is 5.91 Å². The predicted molar refractivity (Wildman–Crippen MR) is 90.9 cm³/mol. The van der Waals surface area contributed by atoms with Gasteiger partial charge in [-0.05, 0) is 14.0 Å². The minimum atomic E-state index is 0.154. The molecule has 0 spiro atoms. The Hall–Kier alpha value is -1.89. The van der Waals surface area contributed by atoms with E-state index in [1.807, 2.05) is 11.8 Å². The second-order valence-corrected chi connectivity index (χ2v) is 6.41. The predicted octanol–water partition coefficient (Wildman–Crippen LogP) is 0.205. The van der Waals surface area contributed by atoms with E-state index < -0.39 is 0 Å². The number of aromatic nitrogens is 2. The average molecular weight is 318 g/mol. The zero-order chi connectivity index (χ0) is 16.4. The fourth-order valence-corrected chi connectivity index (χ4v) is 3.15. The number of piperazine rings is 2. The Bertz CT molecular complexity index is 562. The minimum absolute atomic E-state index is 0.154. The molecular weight excluding hydrogens is 292 g/mol. The topological polar surface area (TPSA) is 55.8 Å². The summed E-state index contributed by atoms with van der Waals surface area (Å²) in [7, 11) is 2.16.